The van der Waals surface area contributed by atoms with E-state index in [2.05, 4.69) is 135 Å². The molecule has 54 heavy (non-hydrogen) atoms. The molecule has 0 aromatic heterocycles. The normalized spacial score (nSPS) is 13.4. The van der Waals surface area contributed by atoms with Crippen LogP contribution in [0.1, 0.15) is 149 Å². The summed E-state index contributed by atoms with van der Waals surface area (Å²) in [6.07, 6.45) is 61.9. The van der Waals surface area contributed by atoms with Gasteiger partial charge in [-0.05, 0) is 109 Å². The van der Waals surface area contributed by atoms with Gasteiger partial charge in [-0.1, -0.05) is 149 Å². The molecule has 2 N–H and O–H groups in total. The quantitative estimate of drug-likeness (QED) is 0.0383. The fourth-order valence-corrected chi connectivity index (χ4v) is 5.13. The molecule has 0 saturated heterocycles. The standard InChI is InChI=1S/C48H73NO5/c1-3-5-7-9-11-13-15-16-17-18-19-20-21-22-23-24-25-26-28-30-32-34-39-43-48(53)54-45(41-37-35-38-42-46(50)49-44-47(51)52)40-36-33-31-29-27-14-12-10-8-6-4-2/h5-8,11-14,16-17,19-20,22-23,25-26,29,31,36,40,45H,3-4,9-10,15,18,21,24,27-28,30,32-35,37-39,41-44H2,1-2H3,(H,49,50)(H,51,52)/b7-5-,8-6-,13-11-,14-12-,17-16-,20-19-,23-22-,26-25-,31-29-,40-36-. The largest absolute Gasteiger partial charge is 0.480 e. The van der Waals surface area contributed by atoms with E-state index >= 15 is 0 Å². The highest BCUT2D eigenvalue weighted by Crippen LogP contribution is 2.14. The Bertz CT molecular complexity index is 1230. The number of carbonyl (C=O) groups is 3. The second kappa shape index (κ2) is 41.6. The molecule has 0 aliphatic heterocycles. The van der Waals surface area contributed by atoms with Gasteiger partial charge in [0.05, 0.1) is 0 Å². The number of rotatable bonds is 35. The number of carboxylic acid groups (broad SMARTS) is 1. The molecule has 0 rings (SSSR count). The molecule has 0 aliphatic carbocycles. The molecule has 300 valence electrons. The predicted octanol–water partition coefficient (Wildman–Crippen LogP) is 12.9. The summed E-state index contributed by atoms with van der Waals surface area (Å²) in [4.78, 5) is 35.0. The molecule has 0 radical (unpaired) electrons. The van der Waals surface area contributed by atoms with Crippen LogP contribution in [-0.2, 0) is 19.1 Å². The Balaban J connectivity index is 4.28. The lowest BCUT2D eigenvalue weighted by atomic mass is 10.1. The van der Waals surface area contributed by atoms with Gasteiger partial charge >= 0.3 is 11.9 Å². The summed E-state index contributed by atoms with van der Waals surface area (Å²) < 4.78 is 5.84. The molecule has 1 atom stereocenters. The summed E-state index contributed by atoms with van der Waals surface area (Å²) in [5.41, 5.74) is 0. The maximum Gasteiger partial charge on any atom is 0.322 e. The molecule has 6 heteroatoms. The van der Waals surface area contributed by atoms with Crippen molar-refractivity contribution >= 4 is 17.8 Å². The summed E-state index contributed by atoms with van der Waals surface area (Å²) >= 11 is 0. The molecule has 0 aliphatic rings. The predicted molar refractivity (Wildman–Crippen MR) is 230 cm³/mol. The van der Waals surface area contributed by atoms with Crippen molar-refractivity contribution in [1.82, 2.24) is 5.32 Å². The minimum Gasteiger partial charge on any atom is -0.480 e. The Kier molecular flexibility index (Phi) is 38.3. The first-order chi connectivity index (χ1) is 26.5. The van der Waals surface area contributed by atoms with Crippen LogP contribution in [0.5, 0.6) is 0 Å². The number of aliphatic carboxylic acids is 1. The summed E-state index contributed by atoms with van der Waals surface area (Å²) in [6, 6.07) is 0. The maximum absolute atomic E-state index is 12.7. The van der Waals surface area contributed by atoms with Gasteiger partial charge in [0.25, 0.3) is 0 Å². The molecule has 0 heterocycles. The van der Waals surface area contributed by atoms with Crippen LogP contribution in [0.2, 0.25) is 0 Å². The number of unbranched alkanes of at least 4 members (excludes halogenated alkanes) is 6. The highest BCUT2D eigenvalue weighted by molar-refractivity contribution is 5.80. The van der Waals surface area contributed by atoms with Crippen LogP contribution < -0.4 is 5.32 Å². The average molecular weight is 744 g/mol. The highest BCUT2D eigenvalue weighted by atomic mass is 16.5. The van der Waals surface area contributed by atoms with Crippen molar-refractivity contribution in [2.75, 3.05) is 6.54 Å². The first kappa shape index (κ1) is 49.8. The molecule has 6 nitrogen and oxygen atoms in total. The number of ether oxygens (including phenoxy) is 1. The van der Waals surface area contributed by atoms with Crippen molar-refractivity contribution in [3.8, 4) is 0 Å². The van der Waals surface area contributed by atoms with E-state index in [1.165, 1.54) is 0 Å². The monoisotopic (exact) mass is 744 g/mol. The molecule has 1 unspecified atom stereocenters. The van der Waals surface area contributed by atoms with Crippen LogP contribution >= 0.6 is 0 Å². The van der Waals surface area contributed by atoms with E-state index in [0.29, 0.717) is 25.7 Å². The van der Waals surface area contributed by atoms with Gasteiger partial charge in [-0.3, -0.25) is 14.4 Å². The molecule has 0 fully saturated rings. The van der Waals surface area contributed by atoms with Gasteiger partial charge in [0.2, 0.25) is 5.91 Å². The van der Waals surface area contributed by atoms with Crippen molar-refractivity contribution in [1.29, 1.82) is 0 Å². The van der Waals surface area contributed by atoms with E-state index in [1.54, 1.807) is 0 Å². The molecule has 0 aromatic carbocycles. The Hall–Kier alpha value is -4.19. The molecule has 1 amide bonds. The molecule has 0 bridgehead atoms. The third kappa shape index (κ3) is 40.6. The topological polar surface area (TPSA) is 92.7 Å². The zero-order valence-corrected chi connectivity index (χ0v) is 33.8. The van der Waals surface area contributed by atoms with Gasteiger partial charge in [0.15, 0.2) is 0 Å². The van der Waals surface area contributed by atoms with Crippen LogP contribution in [0.4, 0.5) is 0 Å². The van der Waals surface area contributed by atoms with Crippen LogP contribution in [-0.4, -0.2) is 35.6 Å². The zero-order chi connectivity index (χ0) is 39.4. The van der Waals surface area contributed by atoms with E-state index < -0.39 is 5.97 Å². The lowest BCUT2D eigenvalue weighted by molar-refractivity contribution is -0.147. The average Bonchev–Trinajstić information content (AvgIpc) is 3.16. The number of carboxylic acids is 1. The number of hydrogen-bond donors (Lipinski definition) is 2. The van der Waals surface area contributed by atoms with Crippen molar-refractivity contribution < 1.29 is 24.2 Å². The number of nitrogens with one attached hydrogen (secondary N) is 1. The molecule has 0 aromatic rings. The van der Waals surface area contributed by atoms with E-state index in [0.717, 1.165) is 109 Å². The fourth-order valence-electron chi connectivity index (χ4n) is 5.13. The number of amides is 1. The van der Waals surface area contributed by atoms with E-state index in [1.807, 2.05) is 6.08 Å². The van der Waals surface area contributed by atoms with E-state index in [-0.39, 0.29) is 24.5 Å². The fraction of sp³-hybridized carbons (Fsp3) is 0.521. The summed E-state index contributed by atoms with van der Waals surface area (Å²) in [5, 5.41) is 11.1. The summed E-state index contributed by atoms with van der Waals surface area (Å²) in [7, 11) is 0. The summed E-state index contributed by atoms with van der Waals surface area (Å²) in [5.74, 6) is -1.46. The maximum atomic E-state index is 12.7. The Morgan fingerprint density at radius 1 is 0.500 bits per heavy atom. The molecular weight excluding hydrogens is 671 g/mol. The third-order valence-corrected chi connectivity index (χ3v) is 8.11. The van der Waals surface area contributed by atoms with Crippen LogP contribution in [0, 0.1) is 0 Å². The minimum absolute atomic E-state index is 0.160. The van der Waals surface area contributed by atoms with Gasteiger partial charge in [0.1, 0.15) is 12.6 Å². The Morgan fingerprint density at radius 2 is 0.907 bits per heavy atom. The molecule has 0 spiro atoms. The van der Waals surface area contributed by atoms with Crippen molar-refractivity contribution in [2.45, 2.75) is 155 Å². The second-order valence-corrected chi connectivity index (χ2v) is 13.1. The lowest BCUT2D eigenvalue weighted by Crippen LogP contribution is -2.28. The van der Waals surface area contributed by atoms with Crippen LogP contribution in [0.3, 0.4) is 0 Å². The first-order valence-electron chi connectivity index (χ1n) is 20.7. The van der Waals surface area contributed by atoms with Crippen molar-refractivity contribution in [3.05, 3.63) is 122 Å². The minimum atomic E-state index is -1.05. The SMILES string of the molecule is CC/C=C\C/C=C\C/C=C\C/C=C\C/C=C\C/C=C\CCCCCCC(=O)OC(/C=C\C/C=C\C/C=C\C/C=C\CC)CCCCCC(=O)NCC(=O)O. The van der Waals surface area contributed by atoms with Gasteiger partial charge in [0, 0.05) is 12.8 Å². The van der Waals surface area contributed by atoms with Crippen LogP contribution in [0.25, 0.3) is 0 Å². The number of carbonyl (C=O) groups excluding carboxylic acids is 2. The first-order valence-corrected chi connectivity index (χ1v) is 20.7. The smallest absolute Gasteiger partial charge is 0.322 e. The lowest BCUT2D eigenvalue weighted by Gasteiger charge is -2.14. The Morgan fingerprint density at radius 3 is 1.39 bits per heavy atom. The zero-order valence-electron chi connectivity index (χ0n) is 33.8. The third-order valence-electron chi connectivity index (χ3n) is 8.11. The van der Waals surface area contributed by atoms with Gasteiger partial charge in [-0.25, -0.2) is 0 Å². The van der Waals surface area contributed by atoms with Crippen molar-refractivity contribution in [3.63, 3.8) is 0 Å². The van der Waals surface area contributed by atoms with Gasteiger partial charge in [-0.15, -0.1) is 0 Å². The molecular formula is C48H73NO5. The van der Waals surface area contributed by atoms with E-state index in [4.69, 9.17) is 9.84 Å². The highest BCUT2D eigenvalue weighted by Gasteiger charge is 2.12. The molecule has 0 saturated carbocycles. The number of allylic oxidation sites excluding steroid dienone is 19. The summed E-state index contributed by atoms with van der Waals surface area (Å²) in [6.45, 7) is 3.93. The number of esters is 1. The number of hydrogen-bond acceptors (Lipinski definition) is 4. The van der Waals surface area contributed by atoms with Crippen molar-refractivity contribution in [2.24, 2.45) is 0 Å². The van der Waals surface area contributed by atoms with E-state index in [9.17, 15) is 14.4 Å². The van der Waals surface area contributed by atoms with Gasteiger partial charge in [-0.2, -0.15) is 0 Å². The second-order valence-electron chi connectivity index (χ2n) is 13.1. The van der Waals surface area contributed by atoms with Crippen LogP contribution in [0.15, 0.2) is 122 Å². The Labute approximate surface area is 329 Å². The van der Waals surface area contributed by atoms with Gasteiger partial charge < -0.3 is 15.2 Å².